The average Bonchev–Trinajstić information content (AvgIpc) is 3.68. The van der Waals surface area contributed by atoms with E-state index in [-0.39, 0.29) is 4.90 Å². The smallest absolute Gasteiger partial charge is 0.264 e. The first kappa shape index (κ1) is 27.6. The Balaban J connectivity index is 1.29. The molecule has 0 aliphatic carbocycles. The van der Waals surface area contributed by atoms with E-state index >= 15 is 0 Å². The summed E-state index contributed by atoms with van der Waals surface area (Å²) in [6.45, 7) is -0.630. The molecule has 3 aromatic carbocycles. The van der Waals surface area contributed by atoms with Gasteiger partial charge in [-0.05, 0) is 23.3 Å². The van der Waals surface area contributed by atoms with Crippen molar-refractivity contribution in [2.75, 3.05) is 11.4 Å². The van der Waals surface area contributed by atoms with E-state index in [2.05, 4.69) is 31.4 Å². The summed E-state index contributed by atoms with van der Waals surface area (Å²) >= 11 is 3.38. The van der Waals surface area contributed by atoms with Gasteiger partial charge in [0.05, 0.1) is 11.8 Å². The molecule has 9 nitrogen and oxygen atoms in total. The fourth-order valence-corrected chi connectivity index (χ4v) is 5.33. The van der Waals surface area contributed by atoms with Crippen LogP contribution in [0.3, 0.4) is 0 Å². The Labute approximate surface area is 242 Å². The third-order valence-electron chi connectivity index (χ3n) is 7.09. The monoisotopic (exact) mass is 646 g/mol. The van der Waals surface area contributed by atoms with Crippen molar-refractivity contribution in [3.8, 4) is 0 Å². The molecular weight excluding hydrogens is 631 g/mol. The highest BCUT2D eigenvalue weighted by Gasteiger charge is 2.57. The molecule has 0 spiro atoms. The van der Waals surface area contributed by atoms with Gasteiger partial charge < -0.3 is 0 Å². The number of hydrogen-bond acceptors (Lipinski definition) is 7. The lowest BCUT2D eigenvalue weighted by Crippen LogP contribution is -2.45. The van der Waals surface area contributed by atoms with Gasteiger partial charge >= 0.3 is 0 Å². The van der Waals surface area contributed by atoms with Gasteiger partial charge in [0.15, 0.2) is 35.4 Å². The summed E-state index contributed by atoms with van der Waals surface area (Å²) in [6.07, 6.45) is 0.358. The fourth-order valence-electron chi connectivity index (χ4n) is 5.07. The maximum Gasteiger partial charge on any atom is 0.264 e. The van der Waals surface area contributed by atoms with Crippen molar-refractivity contribution in [3.63, 3.8) is 0 Å². The molecule has 3 atom stereocenters. The number of carbonyl (C=O) groups is 3. The number of nitrogens with zero attached hydrogens (tertiary/aromatic N) is 6. The molecule has 0 N–H and O–H groups in total. The summed E-state index contributed by atoms with van der Waals surface area (Å²) in [4.78, 5) is 39.5. The second-order valence-electron chi connectivity index (χ2n) is 9.55. The van der Waals surface area contributed by atoms with Crippen molar-refractivity contribution in [2.45, 2.75) is 24.5 Å². The van der Waals surface area contributed by atoms with E-state index in [4.69, 9.17) is 0 Å². The van der Waals surface area contributed by atoms with Crippen LogP contribution in [0.2, 0.25) is 0 Å². The van der Waals surface area contributed by atoms with E-state index in [0.717, 1.165) is 20.6 Å². The summed E-state index contributed by atoms with van der Waals surface area (Å²) in [7, 11) is 0. The van der Waals surface area contributed by atoms with E-state index < -0.39 is 77.2 Å². The molecule has 6 rings (SSSR count). The minimum Gasteiger partial charge on any atom is -0.271 e. The zero-order chi connectivity index (χ0) is 29.9. The van der Waals surface area contributed by atoms with Crippen molar-refractivity contribution in [1.29, 1.82) is 0 Å². The van der Waals surface area contributed by atoms with Gasteiger partial charge in [0, 0.05) is 10.9 Å². The standard InChI is InChI=1S/C27H16BrF5N6O3/c28-14-8-6-12(7-9-14)15-10-16(13-4-2-1-3-5-13)39(35-15)17(40)11-37-25-23(34-36-37)26(41)38(27(25)42)24-21(32)19(30)18(29)20(31)22(24)33/h1-9,16,23,25H,10-11H2/t16-,23+,25+/m1/s1. The van der Waals surface area contributed by atoms with Crippen molar-refractivity contribution in [3.05, 3.63) is 99.3 Å². The van der Waals surface area contributed by atoms with Crippen LogP contribution in [0.25, 0.3) is 0 Å². The molecule has 0 bridgehead atoms. The van der Waals surface area contributed by atoms with Gasteiger partial charge in [0.1, 0.15) is 12.2 Å². The van der Waals surface area contributed by atoms with Crippen LogP contribution in [0.5, 0.6) is 0 Å². The Hall–Kier alpha value is -4.53. The zero-order valence-electron chi connectivity index (χ0n) is 21.0. The van der Waals surface area contributed by atoms with Crippen LogP contribution in [0, 0.1) is 29.1 Å². The number of carbonyl (C=O) groups excluding carboxylic acids is 3. The summed E-state index contributed by atoms with van der Waals surface area (Å²) in [6, 6.07) is 12.5. The normalized spacial score (nSPS) is 21.4. The van der Waals surface area contributed by atoms with Crippen LogP contribution in [0.15, 0.2) is 74.5 Å². The third-order valence-corrected chi connectivity index (χ3v) is 7.62. The zero-order valence-corrected chi connectivity index (χ0v) is 22.6. The highest BCUT2D eigenvalue weighted by atomic mass is 79.9. The Kier molecular flexibility index (Phi) is 6.83. The first-order valence-corrected chi connectivity index (χ1v) is 13.1. The SMILES string of the molecule is O=C1[C@H]2N=NN(CC(=O)N3N=C(c4ccc(Br)cc4)C[C@@H]3c3ccccc3)[C@@H]2C(=O)N1c1c(F)c(F)c(F)c(F)c1F. The first-order valence-electron chi connectivity index (χ1n) is 12.4. The van der Waals surface area contributed by atoms with Gasteiger partial charge in [0.2, 0.25) is 5.82 Å². The maximum atomic E-state index is 14.5. The molecular formula is C27H16BrF5N6O3. The summed E-state index contributed by atoms with van der Waals surface area (Å²) < 4.78 is 71.1. The molecule has 0 saturated carbocycles. The fraction of sp³-hybridized carbons (Fsp3) is 0.185. The third kappa shape index (κ3) is 4.35. The Bertz CT molecular complexity index is 1680. The molecule has 0 unspecified atom stereocenters. The average molecular weight is 647 g/mol. The van der Waals surface area contributed by atoms with Crippen LogP contribution in [0.4, 0.5) is 27.6 Å². The molecule has 3 heterocycles. The second kappa shape index (κ2) is 10.4. The number of imide groups is 1. The number of benzene rings is 3. The van der Waals surface area contributed by atoms with Gasteiger partial charge in [-0.15, -0.1) is 0 Å². The Morgan fingerprint density at radius 1 is 0.857 bits per heavy atom. The van der Waals surface area contributed by atoms with Crippen LogP contribution in [0.1, 0.15) is 23.6 Å². The van der Waals surface area contributed by atoms with Crippen molar-refractivity contribution in [2.24, 2.45) is 15.4 Å². The summed E-state index contributed by atoms with van der Waals surface area (Å²) in [5.41, 5.74) is 0.428. The lowest BCUT2D eigenvalue weighted by molar-refractivity contribution is -0.135. The number of halogens is 6. The molecule has 0 aromatic heterocycles. The molecule has 3 aromatic rings. The number of anilines is 1. The molecule has 1 saturated heterocycles. The first-order chi connectivity index (χ1) is 20.1. The van der Waals surface area contributed by atoms with Gasteiger partial charge in [-0.3, -0.25) is 19.4 Å². The molecule has 3 amide bonds. The number of fused-ring (bicyclic) bond motifs is 1. The molecule has 214 valence electrons. The topological polar surface area (TPSA) is 98.0 Å². The summed E-state index contributed by atoms with van der Waals surface area (Å²) in [5, 5.41) is 14.0. The largest absolute Gasteiger partial charge is 0.271 e. The van der Waals surface area contributed by atoms with E-state index in [9.17, 15) is 36.3 Å². The minimum absolute atomic E-state index is 0.145. The van der Waals surface area contributed by atoms with Crippen LogP contribution in [-0.4, -0.2) is 52.1 Å². The van der Waals surface area contributed by atoms with E-state index in [1.165, 1.54) is 5.01 Å². The molecule has 3 aliphatic rings. The summed E-state index contributed by atoms with van der Waals surface area (Å²) in [5.74, 6) is -15.2. The molecule has 0 radical (unpaired) electrons. The van der Waals surface area contributed by atoms with Crippen molar-refractivity contribution in [1.82, 2.24) is 10.0 Å². The van der Waals surface area contributed by atoms with E-state index in [1.54, 1.807) is 12.1 Å². The highest BCUT2D eigenvalue weighted by Crippen LogP contribution is 2.38. The number of amides is 3. The molecule has 3 aliphatic heterocycles. The predicted octanol–water partition coefficient (Wildman–Crippen LogP) is 4.82. The van der Waals surface area contributed by atoms with Crippen molar-refractivity contribution >= 4 is 45.1 Å². The lowest BCUT2D eigenvalue weighted by atomic mass is 9.98. The van der Waals surface area contributed by atoms with Crippen LogP contribution in [-0.2, 0) is 14.4 Å². The van der Waals surface area contributed by atoms with Crippen LogP contribution < -0.4 is 4.90 Å². The second-order valence-corrected chi connectivity index (χ2v) is 10.5. The molecule has 15 heteroatoms. The predicted molar refractivity (Wildman–Crippen MR) is 139 cm³/mol. The van der Waals surface area contributed by atoms with Crippen LogP contribution >= 0.6 is 15.9 Å². The van der Waals surface area contributed by atoms with E-state index in [0.29, 0.717) is 12.1 Å². The molecule has 42 heavy (non-hydrogen) atoms. The lowest BCUT2D eigenvalue weighted by Gasteiger charge is -2.25. The van der Waals surface area contributed by atoms with Gasteiger partial charge in [-0.1, -0.05) is 63.6 Å². The number of hydrogen-bond donors (Lipinski definition) is 0. The highest BCUT2D eigenvalue weighted by molar-refractivity contribution is 9.10. The van der Waals surface area contributed by atoms with Gasteiger partial charge in [0.25, 0.3) is 17.7 Å². The minimum atomic E-state index is -2.44. The van der Waals surface area contributed by atoms with Crippen molar-refractivity contribution < 1.29 is 36.3 Å². The van der Waals surface area contributed by atoms with E-state index in [1.807, 2.05) is 42.5 Å². The molecule has 1 fully saturated rings. The quantitative estimate of drug-likeness (QED) is 0.172. The van der Waals surface area contributed by atoms with Gasteiger partial charge in [-0.25, -0.2) is 31.9 Å². The number of rotatable bonds is 5. The van der Waals surface area contributed by atoms with Gasteiger partial charge in [-0.2, -0.15) is 10.2 Å². The maximum absolute atomic E-state index is 14.5. The Morgan fingerprint density at radius 3 is 2.12 bits per heavy atom. The Morgan fingerprint density at radius 2 is 1.48 bits per heavy atom. The number of hydrazone groups is 1.